The third-order valence-corrected chi connectivity index (χ3v) is 2.55. The Morgan fingerprint density at radius 2 is 2.26 bits per heavy atom. The van der Waals surface area contributed by atoms with E-state index in [1.165, 1.54) is 13.3 Å². The number of rotatable bonds is 4. The van der Waals surface area contributed by atoms with Crippen molar-refractivity contribution < 1.29 is 14.6 Å². The molecule has 5 nitrogen and oxygen atoms in total. The molecule has 98 valence electrons. The fraction of sp³-hybridized carbons (Fsp3) is 0.143. The molecular weight excluding hydrogens is 244 g/mol. The number of aromatic hydroxyl groups is 1. The number of hydrogen-bond acceptors (Lipinski definition) is 4. The molecule has 0 atom stereocenters. The van der Waals surface area contributed by atoms with Crippen molar-refractivity contribution >= 4 is 11.6 Å². The number of phenolic OH excluding ortho intramolecular Hbond substituents is 1. The quantitative estimate of drug-likeness (QED) is 0.879. The standard InChI is InChI=1S/C14H14N2O3/c1-19-13-5-6-15-9-12(13)16-14(18)8-10-3-2-4-11(17)7-10/h2-7,9,17H,8H2,1H3,(H,16,18). The van der Waals surface area contributed by atoms with Crippen molar-refractivity contribution in [1.82, 2.24) is 4.98 Å². The molecule has 2 rings (SSSR count). The summed E-state index contributed by atoms with van der Waals surface area (Å²) < 4.78 is 5.12. The summed E-state index contributed by atoms with van der Waals surface area (Å²) in [6, 6.07) is 8.26. The molecule has 0 bridgehead atoms. The van der Waals surface area contributed by atoms with E-state index >= 15 is 0 Å². The second kappa shape index (κ2) is 5.86. The van der Waals surface area contributed by atoms with Crippen LogP contribution in [0, 0.1) is 0 Å². The lowest BCUT2D eigenvalue weighted by molar-refractivity contribution is -0.115. The maximum Gasteiger partial charge on any atom is 0.228 e. The van der Waals surface area contributed by atoms with E-state index in [9.17, 15) is 9.90 Å². The summed E-state index contributed by atoms with van der Waals surface area (Å²) in [5.41, 5.74) is 1.26. The lowest BCUT2D eigenvalue weighted by Crippen LogP contribution is -2.15. The van der Waals surface area contributed by atoms with Gasteiger partial charge in [0.05, 0.1) is 19.7 Å². The zero-order valence-corrected chi connectivity index (χ0v) is 10.5. The van der Waals surface area contributed by atoms with Crippen LogP contribution < -0.4 is 10.1 Å². The Hall–Kier alpha value is -2.56. The number of ether oxygens (including phenoxy) is 1. The number of anilines is 1. The maximum atomic E-state index is 11.9. The lowest BCUT2D eigenvalue weighted by atomic mass is 10.1. The molecular formula is C14H14N2O3. The van der Waals surface area contributed by atoms with Crippen molar-refractivity contribution in [3.8, 4) is 11.5 Å². The number of aromatic nitrogens is 1. The summed E-state index contributed by atoms with van der Waals surface area (Å²) in [5.74, 6) is 0.500. The van der Waals surface area contributed by atoms with Crippen LogP contribution in [0.1, 0.15) is 5.56 Å². The summed E-state index contributed by atoms with van der Waals surface area (Å²) >= 11 is 0. The van der Waals surface area contributed by atoms with E-state index < -0.39 is 0 Å². The molecule has 5 heteroatoms. The highest BCUT2D eigenvalue weighted by molar-refractivity contribution is 5.93. The topological polar surface area (TPSA) is 71.5 Å². The van der Waals surface area contributed by atoms with Crippen LogP contribution in [0.2, 0.25) is 0 Å². The second-order valence-corrected chi connectivity index (χ2v) is 3.97. The molecule has 2 aromatic rings. The molecule has 0 aliphatic heterocycles. The number of carbonyl (C=O) groups is 1. The Labute approximate surface area is 110 Å². The van der Waals surface area contributed by atoms with Crippen LogP contribution >= 0.6 is 0 Å². The van der Waals surface area contributed by atoms with Gasteiger partial charge in [0.15, 0.2) is 0 Å². The molecule has 0 saturated heterocycles. The number of pyridine rings is 1. The van der Waals surface area contributed by atoms with Crippen molar-refractivity contribution in [2.75, 3.05) is 12.4 Å². The third-order valence-electron chi connectivity index (χ3n) is 2.55. The molecule has 0 spiro atoms. The minimum Gasteiger partial charge on any atom is -0.508 e. The molecule has 0 unspecified atom stereocenters. The molecule has 0 aliphatic carbocycles. The lowest BCUT2D eigenvalue weighted by Gasteiger charge is -2.09. The Bertz CT molecular complexity index is 584. The van der Waals surface area contributed by atoms with Gasteiger partial charge < -0.3 is 15.2 Å². The average Bonchev–Trinajstić information content (AvgIpc) is 2.39. The first-order chi connectivity index (χ1) is 9.19. The molecule has 2 N–H and O–H groups in total. The van der Waals surface area contributed by atoms with Gasteiger partial charge in [-0.2, -0.15) is 0 Å². The molecule has 0 aliphatic rings. The predicted octanol–water partition coefficient (Wildman–Crippen LogP) is 1.98. The normalized spacial score (nSPS) is 9.95. The number of methoxy groups -OCH3 is 1. The number of benzene rings is 1. The molecule has 0 saturated carbocycles. The molecule has 1 aromatic carbocycles. The third kappa shape index (κ3) is 3.45. The number of carbonyl (C=O) groups excluding carboxylic acids is 1. The molecule has 19 heavy (non-hydrogen) atoms. The van der Waals surface area contributed by atoms with E-state index in [0.717, 1.165) is 5.56 Å². The first kappa shape index (κ1) is 12.9. The van der Waals surface area contributed by atoms with Crippen molar-refractivity contribution in [3.05, 3.63) is 48.3 Å². The van der Waals surface area contributed by atoms with Crippen molar-refractivity contribution in [2.45, 2.75) is 6.42 Å². The van der Waals surface area contributed by atoms with Crippen molar-refractivity contribution in [3.63, 3.8) is 0 Å². The Morgan fingerprint density at radius 3 is 3.00 bits per heavy atom. The molecule has 0 fully saturated rings. The highest BCUT2D eigenvalue weighted by atomic mass is 16.5. The van der Waals surface area contributed by atoms with Crippen LogP contribution in [0.25, 0.3) is 0 Å². The number of hydrogen-bond donors (Lipinski definition) is 2. The first-order valence-electron chi connectivity index (χ1n) is 5.75. The van der Waals surface area contributed by atoms with E-state index in [4.69, 9.17) is 4.74 Å². The Kier molecular flexibility index (Phi) is 3.97. The van der Waals surface area contributed by atoms with Gasteiger partial charge in [0.25, 0.3) is 0 Å². The minimum atomic E-state index is -0.197. The van der Waals surface area contributed by atoms with Gasteiger partial charge in [0, 0.05) is 12.3 Å². The summed E-state index contributed by atoms with van der Waals surface area (Å²) in [6.45, 7) is 0. The predicted molar refractivity (Wildman–Crippen MR) is 71.2 cm³/mol. The summed E-state index contributed by atoms with van der Waals surface area (Å²) in [6.07, 6.45) is 3.29. The van der Waals surface area contributed by atoms with E-state index in [1.807, 2.05) is 0 Å². The largest absolute Gasteiger partial charge is 0.508 e. The van der Waals surface area contributed by atoms with Crippen LogP contribution in [0.4, 0.5) is 5.69 Å². The summed E-state index contributed by atoms with van der Waals surface area (Å²) in [4.78, 5) is 15.8. The number of nitrogens with one attached hydrogen (secondary N) is 1. The number of nitrogens with zero attached hydrogens (tertiary/aromatic N) is 1. The van der Waals surface area contributed by atoms with Crippen molar-refractivity contribution in [1.29, 1.82) is 0 Å². The minimum absolute atomic E-state index is 0.143. The zero-order chi connectivity index (χ0) is 13.7. The second-order valence-electron chi connectivity index (χ2n) is 3.97. The fourth-order valence-electron chi connectivity index (χ4n) is 1.70. The van der Waals surface area contributed by atoms with Gasteiger partial charge in [-0.05, 0) is 17.7 Å². The van der Waals surface area contributed by atoms with E-state index in [2.05, 4.69) is 10.3 Å². The van der Waals surface area contributed by atoms with E-state index in [-0.39, 0.29) is 18.1 Å². The maximum absolute atomic E-state index is 11.9. The molecule has 1 amide bonds. The monoisotopic (exact) mass is 258 g/mol. The zero-order valence-electron chi connectivity index (χ0n) is 10.5. The first-order valence-corrected chi connectivity index (χ1v) is 5.75. The highest BCUT2D eigenvalue weighted by Gasteiger charge is 2.08. The highest BCUT2D eigenvalue weighted by Crippen LogP contribution is 2.22. The number of amides is 1. The van der Waals surface area contributed by atoms with Crippen LogP contribution in [0.3, 0.4) is 0 Å². The van der Waals surface area contributed by atoms with Gasteiger partial charge in [0.2, 0.25) is 5.91 Å². The average molecular weight is 258 g/mol. The molecule has 0 radical (unpaired) electrons. The van der Waals surface area contributed by atoms with E-state index in [1.54, 1.807) is 36.5 Å². The number of phenols is 1. The van der Waals surface area contributed by atoms with Gasteiger partial charge in [-0.1, -0.05) is 12.1 Å². The molecule has 1 aromatic heterocycles. The van der Waals surface area contributed by atoms with Gasteiger partial charge >= 0.3 is 0 Å². The van der Waals surface area contributed by atoms with Crippen LogP contribution in [0.15, 0.2) is 42.7 Å². The van der Waals surface area contributed by atoms with Gasteiger partial charge in [-0.25, -0.2) is 0 Å². The van der Waals surface area contributed by atoms with Crippen molar-refractivity contribution in [2.24, 2.45) is 0 Å². The van der Waals surface area contributed by atoms with Gasteiger partial charge in [-0.15, -0.1) is 0 Å². The Balaban J connectivity index is 2.05. The fourth-order valence-corrected chi connectivity index (χ4v) is 1.70. The van der Waals surface area contributed by atoms with Crippen LogP contribution in [-0.4, -0.2) is 23.1 Å². The summed E-state index contributed by atoms with van der Waals surface area (Å²) in [7, 11) is 1.53. The summed E-state index contributed by atoms with van der Waals surface area (Å²) in [5, 5.41) is 12.1. The SMILES string of the molecule is COc1ccncc1NC(=O)Cc1cccc(O)c1. The van der Waals surface area contributed by atoms with Gasteiger partial charge in [-0.3, -0.25) is 9.78 Å². The van der Waals surface area contributed by atoms with E-state index in [0.29, 0.717) is 11.4 Å². The Morgan fingerprint density at radius 1 is 1.42 bits per heavy atom. The molecule has 1 heterocycles. The van der Waals surface area contributed by atoms with Crippen LogP contribution in [-0.2, 0) is 11.2 Å². The van der Waals surface area contributed by atoms with Crippen LogP contribution in [0.5, 0.6) is 11.5 Å². The van der Waals surface area contributed by atoms with Gasteiger partial charge in [0.1, 0.15) is 17.2 Å². The smallest absolute Gasteiger partial charge is 0.228 e.